The highest BCUT2D eigenvalue weighted by atomic mass is 16.2. The van der Waals surface area contributed by atoms with E-state index in [1.54, 1.807) is 0 Å². The number of fused-ring (bicyclic) bond motifs is 1. The Morgan fingerprint density at radius 3 is 1.22 bits per heavy atom. The zero-order valence-corrected chi connectivity index (χ0v) is 23.2. The summed E-state index contributed by atoms with van der Waals surface area (Å²) in [6, 6.07) is 12.1. The Bertz CT molecular complexity index is 988. The van der Waals surface area contributed by atoms with Crippen molar-refractivity contribution >= 4 is 22.6 Å². The van der Waals surface area contributed by atoms with Crippen LogP contribution in [0.2, 0.25) is 0 Å². The van der Waals surface area contributed by atoms with Crippen LogP contribution in [0.15, 0.2) is 36.4 Å². The number of rotatable bonds is 4. The van der Waals surface area contributed by atoms with E-state index in [-0.39, 0.29) is 23.9 Å². The van der Waals surface area contributed by atoms with Gasteiger partial charge in [-0.05, 0) is 109 Å². The van der Waals surface area contributed by atoms with E-state index in [1.165, 1.54) is 25.7 Å². The fourth-order valence-corrected chi connectivity index (χ4v) is 6.27. The van der Waals surface area contributed by atoms with Crippen molar-refractivity contribution < 1.29 is 9.59 Å². The second kappa shape index (κ2) is 10.6. The predicted octanol–water partition coefficient (Wildman–Crippen LogP) is 7.51. The van der Waals surface area contributed by atoms with E-state index in [0.29, 0.717) is 22.0 Å². The van der Waals surface area contributed by atoms with Crippen molar-refractivity contribution in [2.75, 3.05) is 0 Å². The van der Waals surface area contributed by atoms with Gasteiger partial charge in [0.05, 0.1) is 0 Å². The number of amides is 2. The maximum Gasteiger partial charge on any atom is 0.251 e. The fraction of sp³-hybridized carbons (Fsp3) is 0.625. The van der Waals surface area contributed by atoms with Gasteiger partial charge in [0.15, 0.2) is 0 Å². The number of nitrogens with one attached hydrogen (secondary N) is 2. The van der Waals surface area contributed by atoms with E-state index < -0.39 is 0 Å². The molecule has 0 unspecified atom stereocenters. The normalized spacial score (nSPS) is 25.4. The Morgan fingerprint density at radius 2 is 0.917 bits per heavy atom. The fourth-order valence-electron chi connectivity index (χ4n) is 6.27. The van der Waals surface area contributed by atoms with Crippen molar-refractivity contribution in [3.63, 3.8) is 0 Å². The molecule has 0 aromatic heterocycles. The largest absolute Gasteiger partial charge is 0.349 e. The average Bonchev–Trinajstić information content (AvgIpc) is 2.83. The van der Waals surface area contributed by atoms with Crippen LogP contribution in [0.5, 0.6) is 0 Å². The first-order valence-corrected chi connectivity index (χ1v) is 14.1. The van der Waals surface area contributed by atoms with Crippen molar-refractivity contribution in [3.8, 4) is 0 Å². The smallest absolute Gasteiger partial charge is 0.251 e. The van der Waals surface area contributed by atoms with Gasteiger partial charge in [0.2, 0.25) is 0 Å². The molecular weight excluding hydrogens is 444 g/mol. The quantitative estimate of drug-likeness (QED) is 0.466. The van der Waals surface area contributed by atoms with E-state index in [0.717, 1.165) is 48.3 Å². The maximum atomic E-state index is 12.9. The lowest BCUT2D eigenvalue weighted by molar-refractivity contribution is 0.0894. The second-order valence-electron chi connectivity index (χ2n) is 13.6. The predicted molar refractivity (Wildman–Crippen MR) is 149 cm³/mol. The molecule has 2 aliphatic rings. The second-order valence-corrected chi connectivity index (χ2v) is 13.6. The molecule has 4 rings (SSSR count). The van der Waals surface area contributed by atoms with Crippen molar-refractivity contribution in [2.24, 2.45) is 22.7 Å². The first kappa shape index (κ1) is 26.7. The molecule has 2 aliphatic carbocycles. The third-order valence-electron chi connectivity index (χ3n) is 8.94. The van der Waals surface area contributed by atoms with Crippen LogP contribution in [-0.2, 0) is 0 Å². The SMILES string of the molecule is CC(C)(C)C1CCC(NC(=O)c2ccc3cc(C(=O)NC4CCC(C(C)(C)C)CC4)ccc3c2)CC1. The molecule has 4 nitrogen and oxygen atoms in total. The van der Waals surface area contributed by atoms with E-state index in [9.17, 15) is 9.59 Å². The molecule has 0 heterocycles. The molecule has 0 aliphatic heterocycles. The highest BCUT2D eigenvalue weighted by Gasteiger charge is 2.31. The molecule has 2 aromatic rings. The molecule has 0 atom stereocenters. The molecule has 196 valence electrons. The van der Waals surface area contributed by atoms with Crippen molar-refractivity contribution in [3.05, 3.63) is 47.5 Å². The molecule has 36 heavy (non-hydrogen) atoms. The van der Waals surface area contributed by atoms with Gasteiger partial charge in [0, 0.05) is 23.2 Å². The molecular formula is C32H46N2O2. The molecule has 4 heteroatoms. The maximum absolute atomic E-state index is 12.9. The van der Waals surface area contributed by atoms with Crippen LogP contribution in [0.4, 0.5) is 0 Å². The number of benzene rings is 2. The van der Waals surface area contributed by atoms with Gasteiger partial charge >= 0.3 is 0 Å². The lowest BCUT2D eigenvalue weighted by Crippen LogP contribution is -2.39. The summed E-state index contributed by atoms with van der Waals surface area (Å²) in [4.78, 5) is 25.9. The highest BCUT2D eigenvalue weighted by Crippen LogP contribution is 2.38. The summed E-state index contributed by atoms with van der Waals surface area (Å²) in [6.07, 6.45) is 8.92. The Morgan fingerprint density at radius 1 is 0.583 bits per heavy atom. The van der Waals surface area contributed by atoms with E-state index in [2.05, 4.69) is 52.2 Å². The zero-order valence-electron chi connectivity index (χ0n) is 23.2. The standard InChI is InChI=1S/C32H46N2O2/c1-31(2,3)25-11-15-27(16-12-25)33-29(35)23-9-7-22-20-24(10-8-21(22)19-23)30(36)34-28-17-13-26(14-18-28)32(4,5)6/h7-10,19-20,25-28H,11-18H2,1-6H3,(H,33,35)(H,34,36). The van der Waals surface area contributed by atoms with Gasteiger partial charge in [-0.15, -0.1) is 0 Å². The number of hydrogen-bond acceptors (Lipinski definition) is 2. The van der Waals surface area contributed by atoms with Gasteiger partial charge in [0.1, 0.15) is 0 Å². The third-order valence-corrected chi connectivity index (χ3v) is 8.94. The van der Waals surface area contributed by atoms with Crippen LogP contribution in [0.25, 0.3) is 10.8 Å². The van der Waals surface area contributed by atoms with Crippen molar-refractivity contribution in [1.82, 2.24) is 10.6 Å². The van der Waals surface area contributed by atoms with Crippen LogP contribution in [0, 0.1) is 22.7 Å². The molecule has 2 fully saturated rings. The first-order valence-electron chi connectivity index (χ1n) is 14.1. The number of hydrogen-bond donors (Lipinski definition) is 2. The van der Waals surface area contributed by atoms with Crippen molar-refractivity contribution in [2.45, 2.75) is 105 Å². The molecule has 2 N–H and O–H groups in total. The average molecular weight is 491 g/mol. The van der Waals surface area contributed by atoms with Gasteiger partial charge in [0.25, 0.3) is 11.8 Å². The topological polar surface area (TPSA) is 58.2 Å². The highest BCUT2D eigenvalue weighted by molar-refractivity contribution is 6.02. The van der Waals surface area contributed by atoms with E-state index in [1.807, 2.05) is 36.4 Å². The Balaban J connectivity index is 1.33. The summed E-state index contributed by atoms with van der Waals surface area (Å²) < 4.78 is 0. The van der Waals surface area contributed by atoms with Crippen LogP contribution in [-0.4, -0.2) is 23.9 Å². The molecule has 2 aromatic carbocycles. The molecule has 2 amide bonds. The number of carbonyl (C=O) groups excluding carboxylic acids is 2. The summed E-state index contributed by atoms with van der Waals surface area (Å²) in [5.74, 6) is 1.47. The summed E-state index contributed by atoms with van der Waals surface area (Å²) in [7, 11) is 0. The molecule has 0 bridgehead atoms. The Hall–Kier alpha value is -2.36. The van der Waals surface area contributed by atoms with Crippen LogP contribution < -0.4 is 10.6 Å². The van der Waals surface area contributed by atoms with Crippen LogP contribution >= 0.6 is 0 Å². The van der Waals surface area contributed by atoms with Gasteiger partial charge in [-0.25, -0.2) is 0 Å². The van der Waals surface area contributed by atoms with Crippen LogP contribution in [0.3, 0.4) is 0 Å². The minimum absolute atomic E-state index is 0.00351. The number of carbonyl (C=O) groups is 2. The van der Waals surface area contributed by atoms with Gasteiger partial charge < -0.3 is 10.6 Å². The molecule has 2 saturated carbocycles. The zero-order chi connectivity index (χ0) is 26.1. The lowest BCUT2D eigenvalue weighted by atomic mass is 9.71. The van der Waals surface area contributed by atoms with Gasteiger partial charge in [-0.1, -0.05) is 53.7 Å². The van der Waals surface area contributed by atoms with Gasteiger partial charge in [-0.2, -0.15) is 0 Å². The summed E-state index contributed by atoms with van der Waals surface area (Å²) in [5.41, 5.74) is 2.06. The minimum atomic E-state index is 0.00351. The Labute approximate surface area is 218 Å². The summed E-state index contributed by atoms with van der Waals surface area (Å²) in [6.45, 7) is 13.9. The monoisotopic (exact) mass is 490 g/mol. The Kier molecular flexibility index (Phi) is 7.83. The van der Waals surface area contributed by atoms with Gasteiger partial charge in [-0.3, -0.25) is 9.59 Å². The third kappa shape index (κ3) is 6.49. The van der Waals surface area contributed by atoms with Crippen LogP contribution in [0.1, 0.15) is 114 Å². The molecule has 0 saturated heterocycles. The molecule has 0 spiro atoms. The van der Waals surface area contributed by atoms with E-state index in [4.69, 9.17) is 0 Å². The van der Waals surface area contributed by atoms with Crippen molar-refractivity contribution in [1.29, 1.82) is 0 Å². The molecule has 0 radical (unpaired) electrons. The summed E-state index contributed by atoms with van der Waals surface area (Å²) >= 11 is 0. The minimum Gasteiger partial charge on any atom is -0.349 e. The lowest BCUT2D eigenvalue weighted by Gasteiger charge is -2.37. The first-order chi connectivity index (χ1) is 16.9. The van der Waals surface area contributed by atoms with E-state index >= 15 is 0 Å². The summed E-state index contributed by atoms with van der Waals surface area (Å²) in [5, 5.41) is 8.49.